The van der Waals surface area contributed by atoms with Gasteiger partial charge in [-0.25, -0.2) is 13.2 Å². The Labute approximate surface area is 160 Å². The van der Waals surface area contributed by atoms with E-state index >= 15 is 0 Å². The average Bonchev–Trinajstić information content (AvgIpc) is 2.66. The van der Waals surface area contributed by atoms with Gasteiger partial charge >= 0.3 is 15.1 Å². The molecule has 28 heavy (non-hydrogen) atoms. The monoisotopic (exact) mass is 414 g/mol. The molecule has 0 spiro atoms. The van der Waals surface area contributed by atoms with Crippen LogP contribution in [0.5, 0.6) is 17.2 Å². The largest absolute Gasteiger partial charge is 1.20 e. The fourth-order valence-electron chi connectivity index (χ4n) is 2.11. The van der Waals surface area contributed by atoms with Gasteiger partial charge < -0.3 is 11.4 Å². The molecule has 0 aromatic heterocycles. The minimum Gasteiger partial charge on any atom is -0.575 e. The van der Waals surface area contributed by atoms with E-state index in [0.29, 0.717) is 0 Å². The van der Waals surface area contributed by atoms with E-state index in [1.165, 1.54) is 0 Å². The van der Waals surface area contributed by atoms with Crippen molar-refractivity contribution in [2.75, 3.05) is 0 Å². The van der Waals surface area contributed by atoms with Crippen molar-refractivity contribution in [1.82, 2.24) is 0 Å². The van der Waals surface area contributed by atoms with Crippen LogP contribution in [0.4, 0.5) is 26.3 Å². The zero-order valence-corrected chi connectivity index (χ0v) is 14.9. The van der Waals surface area contributed by atoms with E-state index in [9.17, 15) is 26.3 Å². The molecule has 3 rings (SSSR count). The summed E-state index contributed by atoms with van der Waals surface area (Å²) >= 11 is -3.78. The van der Waals surface area contributed by atoms with Gasteiger partial charge in [0, 0.05) is 0 Å². The zero-order valence-electron chi connectivity index (χ0n) is 13.8. The first-order chi connectivity index (χ1) is 13.4. The van der Waals surface area contributed by atoms with Gasteiger partial charge in [-0.3, -0.25) is 0 Å². The number of rotatable bonds is 6. The molecule has 0 atom stereocenters. The third-order valence-electron chi connectivity index (χ3n) is 3.42. The van der Waals surface area contributed by atoms with Crippen molar-refractivity contribution < 1.29 is 37.7 Å². The van der Waals surface area contributed by atoms with Crippen molar-refractivity contribution >= 4 is 15.1 Å². The van der Waals surface area contributed by atoms with Gasteiger partial charge in [-0.15, -0.1) is 0 Å². The van der Waals surface area contributed by atoms with E-state index in [1.54, 1.807) is 0 Å². The second-order valence-electron chi connectivity index (χ2n) is 5.30. The molecular weight excluding hydrogens is 405 g/mol. The van der Waals surface area contributed by atoms with Gasteiger partial charge in [-0.1, -0.05) is 18.2 Å². The molecule has 0 bridgehead atoms. The zero-order chi connectivity index (χ0) is 20.3. The first-order valence-corrected chi connectivity index (χ1v) is 9.10. The highest BCUT2D eigenvalue weighted by atomic mass is 27.3. The van der Waals surface area contributed by atoms with Crippen LogP contribution < -0.4 is 11.4 Å². The quantitative estimate of drug-likeness (QED) is 0.418. The van der Waals surface area contributed by atoms with Crippen molar-refractivity contribution in [3.63, 3.8) is 0 Å². The highest BCUT2D eigenvalue weighted by molar-refractivity contribution is 6.39. The minimum absolute atomic E-state index is 0.662. The first-order valence-electron chi connectivity index (χ1n) is 7.69. The van der Waals surface area contributed by atoms with Crippen LogP contribution in [0.2, 0.25) is 0 Å². The van der Waals surface area contributed by atoms with Gasteiger partial charge in [-0.2, -0.15) is 13.2 Å². The molecule has 0 aliphatic heterocycles. The summed E-state index contributed by atoms with van der Waals surface area (Å²) in [5, 5.41) is 0. The molecule has 3 aromatic rings. The molecule has 0 saturated carbocycles. The van der Waals surface area contributed by atoms with Crippen molar-refractivity contribution in [2.24, 2.45) is 0 Å². The number of hydrogen-bond donors (Lipinski definition) is 0. The molecule has 0 unspecified atom stereocenters. The summed E-state index contributed by atoms with van der Waals surface area (Å²) in [6.45, 7) is 0. The Morgan fingerprint density at radius 3 is 1.04 bits per heavy atom. The topological polar surface area (TPSA) is 27.7 Å². The van der Waals surface area contributed by atoms with Crippen LogP contribution in [-0.4, -0.2) is 15.1 Å². The lowest BCUT2D eigenvalue weighted by Gasteiger charge is -2.17. The van der Waals surface area contributed by atoms with Gasteiger partial charge in [-0.05, 0) is 36.4 Å². The Bertz CT molecular complexity index is 874. The Hall–Kier alpha value is -2.83. The predicted octanol–water partition coefficient (Wildman–Crippen LogP) is 5.04. The molecule has 0 N–H and O–H groups in total. The summed E-state index contributed by atoms with van der Waals surface area (Å²) in [6.07, 6.45) is 0. The molecule has 144 valence electrons. The van der Waals surface area contributed by atoms with Crippen LogP contribution in [0, 0.1) is 34.9 Å². The summed E-state index contributed by atoms with van der Waals surface area (Å²) in [6, 6.07) is 8.87. The SMILES string of the molecule is Fc1cccc([O][Al]([O]c2cccc(F)c2F)[O]c2cccc(F)c2F)c1F. The van der Waals surface area contributed by atoms with E-state index < -0.39 is 67.3 Å². The third kappa shape index (κ3) is 4.35. The van der Waals surface area contributed by atoms with Gasteiger partial charge in [0.25, 0.3) is 0 Å². The maximum atomic E-state index is 13.9. The van der Waals surface area contributed by atoms with Crippen LogP contribution in [0.1, 0.15) is 0 Å². The van der Waals surface area contributed by atoms with E-state index in [4.69, 9.17) is 11.4 Å². The fraction of sp³-hybridized carbons (Fsp3) is 0. The molecule has 0 fully saturated rings. The molecule has 0 aliphatic carbocycles. The molecule has 0 amide bonds. The summed E-state index contributed by atoms with van der Waals surface area (Å²) in [5.41, 5.74) is 0. The second kappa shape index (κ2) is 8.46. The Morgan fingerprint density at radius 1 is 0.464 bits per heavy atom. The maximum absolute atomic E-state index is 13.9. The normalized spacial score (nSPS) is 10.5. The van der Waals surface area contributed by atoms with Crippen molar-refractivity contribution in [3.05, 3.63) is 89.5 Å². The number of halogens is 6. The number of benzene rings is 3. The molecule has 3 aromatic carbocycles. The molecule has 0 saturated heterocycles. The summed E-state index contributed by atoms with van der Waals surface area (Å²) in [4.78, 5) is 0. The highest BCUT2D eigenvalue weighted by Crippen LogP contribution is 2.26. The van der Waals surface area contributed by atoms with Gasteiger partial charge in [0.2, 0.25) is 0 Å². The Kier molecular flexibility index (Phi) is 6.02. The minimum atomic E-state index is -3.78. The van der Waals surface area contributed by atoms with E-state index in [-0.39, 0.29) is 0 Å². The summed E-state index contributed by atoms with van der Waals surface area (Å²) < 4.78 is 97.1. The summed E-state index contributed by atoms with van der Waals surface area (Å²) in [5.74, 6) is -9.93. The van der Waals surface area contributed by atoms with Crippen LogP contribution in [0.25, 0.3) is 0 Å². The average molecular weight is 414 g/mol. The predicted molar refractivity (Wildman–Crippen MR) is 86.7 cm³/mol. The van der Waals surface area contributed by atoms with Crippen molar-refractivity contribution in [1.29, 1.82) is 0 Å². The van der Waals surface area contributed by atoms with Gasteiger partial charge in [0.1, 0.15) is 17.2 Å². The van der Waals surface area contributed by atoms with E-state index in [1.807, 2.05) is 0 Å². The van der Waals surface area contributed by atoms with Crippen LogP contribution in [0.3, 0.4) is 0 Å². The first kappa shape index (κ1) is 19.9. The van der Waals surface area contributed by atoms with Crippen molar-refractivity contribution in [2.45, 2.75) is 0 Å². The van der Waals surface area contributed by atoms with Gasteiger partial charge in [0.05, 0.1) is 0 Å². The van der Waals surface area contributed by atoms with Crippen LogP contribution in [-0.2, 0) is 0 Å². The van der Waals surface area contributed by atoms with Crippen LogP contribution >= 0.6 is 0 Å². The van der Waals surface area contributed by atoms with Crippen molar-refractivity contribution in [3.8, 4) is 17.2 Å². The van der Waals surface area contributed by atoms with Gasteiger partial charge in [0.15, 0.2) is 34.9 Å². The lowest BCUT2D eigenvalue weighted by Crippen LogP contribution is -2.38. The highest BCUT2D eigenvalue weighted by Gasteiger charge is 2.46. The molecule has 3 nitrogen and oxygen atoms in total. The fourth-order valence-corrected chi connectivity index (χ4v) is 3.42. The smallest absolute Gasteiger partial charge is 0.575 e. The molecular formula is C18H9AlF6O3. The maximum Gasteiger partial charge on any atom is 1.20 e. The van der Waals surface area contributed by atoms with Crippen LogP contribution in [0.15, 0.2) is 54.6 Å². The number of hydrogen-bond acceptors (Lipinski definition) is 3. The summed E-state index contributed by atoms with van der Waals surface area (Å²) in [7, 11) is 0. The molecule has 0 radical (unpaired) electrons. The molecule has 0 aliphatic rings. The van der Waals surface area contributed by atoms with E-state index in [0.717, 1.165) is 54.6 Å². The second-order valence-corrected chi connectivity index (χ2v) is 6.58. The lowest BCUT2D eigenvalue weighted by molar-refractivity contribution is 0.281. The lowest BCUT2D eigenvalue weighted by atomic mass is 10.3. The molecule has 10 heteroatoms. The molecule has 0 heterocycles. The standard InChI is InChI=1S/3C6H4F2O.Al/c3*7-4-2-1-3-5(9)6(4)8;/h3*1-3,9H;/q;;;+3/p-3. The third-order valence-corrected chi connectivity index (χ3v) is 4.76. The Morgan fingerprint density at radius 2 is 0.750 bits per heavy atom. The Balaban J connectivity index is 1.94. The van der Waals surface area contributed by atoms with E-state index in [2.05, 4.69) is 0 Å².